The van der Waals surface area contributed by atoms with Crippen LogP contribution in [0.4, 0.5) is 5.69 Å². The van der Waals surface area contributed by atoms with Gasteiger partial charge in [-0.25, -0.2) is 0 Å². The first-order chi connectivity index (χ1) is 14.5. The van der Waals surface area contributed by atoms with Gasteiger partial charge in [-0.05, 0) is 37.1 Å². The predicted molar refractivity (Wildman–Crippen MR) is 114 cm³/mol. The number of nitrogens with one attached hydrogen (secondary N) is 1. The lowest BCUT2D eigenvalue weighted by Gasteiger charge is -2.16. The fraction of sp³-hybridized carbons (Fsp3) is 0.304. The predicted octanol–water partition coefficient (Wildman–Crippen LogP) is 3.24. The molecule has 0 fully saturated rings. The standard InChI is InChI=1S/C23H26N2O5/c1-15-10-11-19(30-4)17(14-15)24-21-20(16-8-5-6-9-18(16)29-3)22(26)25(23(21)27)12-7-13-28-2/h5-6,8-11,14,24H,7,12-13H2,1-4H3. The molecule has 2 amide bonds. The summed E-state index contributed by atoms with van der Waals surface area (Å²) < 4.78 is 15.9. The van der Waals surface area contributed by atoms with Crippen molar-refractivity contribution in [3.63, 3.8) is 0 Å². The van der Waals surface area contributed by atoms with Crippen molar-refractivity contribution in [3.05, 3.63) is 59.3 Å². The van der Waals surface area contributed by atoms with Crippen molar-refractivity contribution in [1.29, 1.82) is 0 Å². The summed E-state index contributed by atoms with van der Waals surface area (Å²) in [6, 6.07) is 12.8. The smallest absolute Gasteiger partial charge is 0.278 e. The molecule has 3 rings (SSSR count). The molecule has 158 valence electrons. The van der Waals surface area contributed by atoms with Crippen LogP contribution < -0.4 is 14.8 Å². The van der Waals surface area contributed by atoms with E-state index in [2.05, 4.69) is 5.32 Å². The second kappa shape index (κ2) is 9.45. The van der Waals surface area contributed by atoms with Crippen LogP contribution >= 0.6 is 0 Å². The molecule has 0 aliphatic carbocycles. The molecule has 7 nitrogen and oxygen atoms in total. The molecule has 1 N–H and O–H groups in total. The van der Waals surface area contributed by atoms with Gasteiger partial charge < -0.3 is 19.5 Å². The van der Waals surface area contributed by atoms with Crippen LogP contribution in [-0.2, 0) is 14.3 Å². The summed E-state index contributed by atoms with van der Waals surface area (Å²) in [5.74, 6) is 0.337. The average Bonchev–Trinajstić information content (AvgIpc) is 2.98. The Morgan fingerprint density at radius 1 is 0.933 bits per heavy atom. The minimum absolute atomic E-state index is 0.200. The van der Waals surface area contributed by atoms with Crippen LogP contribution in [0.15, 0.2) is 48.2 Å². The molecule has 0 saturated carbocycles. The number of hydrogen-bond acceptors (Lipinski definition) is 6. The highest BCUT2D eigenvalue weighted by Crippen LogP contribution is 2.37. The van der Waals surface area contributed by atoms with Crippen molar-refractivity contribution in [2.75, 3.05) is 39.8 Å². The molecule has 0 unspecified atom stereocenters. The van der Waals surface area contributed by atoms with Gasteiger partial charge in [-0.1, -0.05) is 24.3 Å². The van der Waals surface area contributed by atoms with Crippen LogP contribution in [0.2, 0.25) is 0 Å². The molecule has 0 spiro atoms. The maximum absolute atomic E-state index is 13.3. The van der Waals surface area contributed by atoms with Gasteiger partial charge in [-0.3, -0.25) is 14.5 Å². The first kappa shape index (κ1) is 21.4. The molecule has 2 aromatic rings. The van der Waals surface area contributed by atoms with E-state index < -0.39 is 0 Å². The van der Waals surface area contributed by atoms with E-state index in [4.69, 9.17) is 14.2 Å². The molecule has 1 aliphatic heterocycles. The van der Waals surface area contributed by atoms with Gasteiger partial charge in [0.25, 0.3) is 11.8 Å². The van der Waals surface area contributed by atoms with Crippen LogP contribution in [0.5, 0.6) is 11.5 Å². The minimum Gasteiger partial charge on any atom is -0.496 e. The normalized spacial score (nSPS) is 13.8. The maximum atomic E-state index is 13.3. The number of carbonyl (C=O) groups is 2. The van der Waals surface area contributed by atoms with Gasteiger partial charge in [-0.2, -0.15) is 0 Å². The molecule has 1 heterocycles. The largest absolute Gasteiger partial charge is 0.496 e. The third-order valence-corrected chi connectivity index (χ3v) is 4.89. The summed E-state index contributed by atoms with van der Waals surface area (Å²) in [6.07, 6.45) is 0.550. The number of benzene rings is 2. The third-order valence-electron chi connectivity index (χ3n) is 4.89. The second-order valence-electron chi connectivity index (χ2n) is 6.89. The van der Waals surface area contributed by atoms with Gasteiger partial charge in [-0.15, -0.1) is 0 Å². The Labute approximate surface area is 176 Å². The molecule has 7 heteroatoms. The summed E-state index contributed by atoms with van der Waals surface area (Å²) in [6.45, 7) is 2.66. The molecule has 0 aromatic heterocycles. The summed E-state index contributed by atoms with van der Waals surface area (Å²) in [5, 5.41) is 3.16. The Morgan fingerprint density at radius 3 is 2.37 bits per heavy atom. The lowest BCUT2D eigenvalue weighted by Crippen LogP contribution is -2.34. The van der Waals surface area contributed by atoms with E-state index in [0.717, 1.165) is 5.56 Å². The lowest BCUT2D eigenvalue weighted by molar-refractivity contribution is -0.137. The number of ether oxygens (including phenoxy) is 3. The molecule has 0 saturated heterocycles. The topological polar surface area (TPSA) is 77.1 Å². The highest BCUT2D eigenvalue weighted by molar-refractivity contribution is 6.37. The number of aryl methyl sites for hydroxylation is 1. The van der Waals surface area contributed by atoms with E-state index >= 15 is 0 Å². The highest BCUT2D eigenvalue weighted by atomic mass is 16.5. The van der Waals surface area contributed by atoms with Gasteiger partial charge in [0.1, 0.15) is 17.2 Å². The van der Waals surface area contributed by atoms with E-state index in [0.29, 0.717) is 35.8 Å². The Kier molecular flexibility index (Phi) is 6.74. The zero-order valence-electron chi connectivity index (χ0n) is 17.7. The third kappa shape index (κ3) is 4.16. The summed E-state index contributed by atoms with van der Waals surface area (Å²) in [7, 11) is 4.68. The van der Waals surface area contributed by atoms with E-state index in [1.54, 1.807) is 32.4 Å². The number of nitrogens with zero attached hydrogens (tertiary/aromatic N) is 1. The zero-order valence-corrected chi connectivity index (χ0v) is 17.7. The molecule has 0 atom stereocenters. The first-order valence-corrected chi connectivity index (χ1v) is 9.66. The molecule has 0 radical (unpaired) electrons. The van der Waals surface area contributed by atoms with E-state index in [9.17, 15) is 9.59 Å². The number of carbonyl (C=O) groups excluding carboxylic acids is 2. The van der Waals surface area contributed by atoms with Crippen LogP contribution in [0.1, 0.15) is 17.5 Å². The number of anilines is 1. The maximum Gasteiger partial charge on any atom is 0.278 e. The van der Waals surface area contributed by atoms with Gasteiger partial charge in [0.05, 0.1) is 25.5 Å². The molecule has 2 aromatic carbocycles. The van der Waals surface area contributed by atoms with Crippen molar-refractivity contribution in [2.45, 2.75) is 13.3 Å². The van der Waals surface area contributed by atoms with Crippen molar-refractivity contribution in [2.24, 2.45) is 0 Å². The highest BCUT2D eigenvalue weighted by Gasteiger charge is 2.40. The Morgan fingerprint density at radius 2 is 1.67 bits per heavy atom. The number of rotatable bonds is 9. The SMILES string of the molecule is COCCCN1C(=O)C(Nc2cc(C)ccc2OC)=C(c2ccccc2OC)C1=O. The quantitative estimate of drug-likeness (QED) is 0.505. The van der Waals surface area contributed by atoms with E-state index in [1.165, 1.54) is 12.0 Å². The van der Waals surface area contributed by atoms with Gasteiger partial charge in [0.15, 0.2) is 0 Å². The zero-order chi connectivity index (χ0) is 21.7. The number of hydrogen-bond donors (Lipinski definition) is 1. The minimum atomic E-state index is -0.388. The summed E-state index contributed by atoms with van der Waals surface area (Å²) >= 11 is 0. The lowest BCUT2D eigenvalue weighted by atomic mass is 10.0. The summed E-state index contributed by atoms with van der Waals surface area (Å²) in [5.41, 5.74) is 2.64. The fourth-order valence-electron chi connectivity index (χ4n) is 3.42. The van der Waals surface area contributed by atoms with Gasteiger partial charge in [0.2, 0.25) is 0 Å². The summed E-state index contributed by atoms with van der Waals surface area (Å²) in [4.78, 5) is 27.8. The Hall–Kier alpha value is -3.32. The molecule has 30 heavy (non-hydrogen) atoms. The number of imide groups is 1. The molecular formula is C23H26N2O5. The van der Waals surface area contributed by atoms with Crippen molar-refractivity contribution in [3.8, 4) is 11.5 Å². The van der Waals surface area contributed by atoms with Gasteiger partial charge in [0, 0.05) is 25.8 Å². The fourth-order valence-corrected chi connectivity index (χ4v) is 3.42. The monoisotopic (exact) mass is 410 g/mol. The molecular weight excluding hydrogens is 384 g/mol. The molecule has 1 aliphatic rings. The first-order valence-electron chi connectivity index (χ1n) is 9.66. The van der Waals surface area contributed by atoms with Crippen molar-refractivity contribution >= 4 is 23.1 Å². The number of methoxy groups -OCH3 is 3. The van der Waals surface area contributed by atoms with Gasteiger partial charge >= 0.3 is 0 Å². The molecule has 0 bridgehead atoms. The van der Waals surface area contributed by atoms with Crippen LogP contribution in [0.25, 0.3) is 5.57 Å². The van der Waals surface area contributed by atoms with Crippen molar-refractivity contribution < 1.29 is 23.8 Å². The number of amides is 2. The van der Waals surface area contributed by atoms with E-state index in [1.807, 2.05) is 31.2 Å². The number of para-hydroxylation sites is 1. The van der Waals surface area contributed by atoms with Crippen LogP contribution in [0.3, 0.4) is 0 Å². The average molecular weight is 410 g/mol. The Bertz CT molecular complexity index is 983. The van der Waals surface area contributed by atoms with Crippen LogP contribution in [-0.4, -0.2) is 51.2 Å². The van der Waals surface area contributed by atoms with E-state index in [-0.39, 0.29) is 29.6 Å². The Balaban J connectivity index is 2.09. The second-order valence-corrected chi connectivity index (χ2v) is 6.89. The van der Waals surface area contributed by atoms with Crippen LogP contribution in [0, 0.1) is 6.92 Å². The van der Waals surface area contributed by atoms with Crippen molar-refractivity contribution in [1.82, 2.24) is 4.90 Å².